The zero-order chi connectivity index (χ0) is 42.6. The number of hydrogen-bond donors (Lipinski definition) is 0. The molecule has 0 aliphatic carbocycles. The van der Waals surface area contributed by atoms with Crippen LogP contribution in [0.25, 0.3) is 111 Å². The third kappa shape index (κ3) is 6.22. The molecule has 12 aromatic rings. The summed E-state index contributed by atoms with van der Waals surface area (Å²) in [5.74, 6) is 1.64. The highest BCUT2D eigenvalue weighted by Gasteiger charge is 2.19. The molecule has 0 fully saturated rings. The summed E-state index contributed by atoms with van der Waals surface area (Å²) >= 11 is 0. The van der Waals surface area contributed by atoms with E-state index in [4.69, 9.17) is 15.0 Å². The van der Waals surface area contributed by atoms with Crippen LogP contribution >= 0.6 is 0 Å². The van der Waals surface area contributed by atoms with E-state index in [1.165, 1.54) is 21.8 Å². The predicted octanol–water partition coefficient (Wildman–Crippen LogP) is 14.3. The van der Waals surface area contributed by atoms with Gasteiger partial charge in [0, 0.05) is 49.6 Å². The maximum absolute atomic E-state index is 10.4. The largest absolute Gasteiger partial charge is 0.309 e. The predicted molar refractivity (Wildman–Crippen MR) is 260 cm³/mol. The topological polar surface area (TPSA) is 72.3 Å². The van der Waals surface area contributed by atoms with Gasteiger partial charge in [0.25, 0.3) is 0 Å². The summed E-state index contributed by atoms with van der Waals surface area (Å²) in [7, 11) is 0. The normalized spacial score (nSPS) is 11.4. The summed E-state index contributed by atoms with van der Waals surface area (Å²) in [6.45, 7) is 0. The van der Waals surface area contributed by atoms with Gasteiger partial charge in [-0.3, -0.25) is 0 Å². The summed E-state index contributed by atoms with van der Waals surface area (Å²) in [4.78, 5) is 14.9. The van der Waals surface area contributed by atoms with Crippen molar-refractivity contribution in [2.45, 2.75) is 0 Å². The van der Waals surface area contributed by atoms with Gasteiger partial charge in [-0.05, 0) is 89.0 Å². The zero-order valence-electron chi connectivity index (χ0n) is 34.5. The summed E-state index contributed by atoms with van der Waals surface area (Å²) < 4.78 is 4.70. The average molecular weight is 817 g/mol. The van der Waals surface area contributed by atoms with E-state index in [-0.39, 0.29) is 0 Å². The van der Waals surface area contributed by atoms with Crippen molar-refractivity contribution in [1.29, 1.82) is 5.26 Å². The molecular weight excluding hydrogens is 781 g/mol. The maximum atomic E-state index is 10.4. The van der Waals surface area contributed by atoms with Gasteiger partial charge in [-0.1, -0.05) is 152 Å². The van der Waals surface area contributed by atoms with Gasteiger partial charge in [0.2, 0.25) is 0 Å². The Labute approximate surface area is 369 Å². The summed E-state index contributed by atoms with van der Waals surface area (Å²) in [6, 6.07) is 78.1. The Bertz CT molecular complexity index is 3710. The molecule has 0 atom stereocenters. The van der Waals surface area contributed by atoms with E-state index in [1.54, 1.807) is 0 Å². The number of hydrogen-bond acceptors (Lipinski definition) is 4. The molecule has 3 heterocycles. The molecule has 0 bridgehead atoms. The Balaban J connectivity index is 0.978. The minimum Gasteiger partial charge on any atom is -0.309 e. The summed E-state index contributed by atoms with van der Waals surface area (Å²) in [5, 5.41) is 15.1. The monoisotopic (exact) mass is 816 g/mol. The molecule has 0 aliphatic heterocycles. The number of rotatable bonds is 7. The molecule has 0 radical (unpaired) electrons. The minimum atomic E-state index is 0.501. The molecular formula is C58H36N6. The van der Waals surface area contributed by atoms with Crippen molar-refractivity contribution in [3.63, 3.8) is 0 Å². The first-order valence-electron chi connectivity index (χ1n) is 21.3. The van der Waals surface area contributed by atoms with Crippen LogP contribution in [0.5, 0.6) is 0 Å². The van der Waals surface area contributed by atoms with Gasteiger partial charge in [0.1, 0.15) is 0 Å². The van der Waals surface area contributed by atoms with Crippen molar-refractivity contribution in [2.24, 2.45) is 0 Å². The van der Waals surface area contributed by atoms with E-state index >= 15 is 0 Å². The van der Waals surface area contributed by atoms with Crippen LogP contribution in [0.4, 0.5) is 0 Å². The number of fused-ring (bicyclic) bond motifs is 6. The number of nitrogens with zero attached hydrogens (tertiary/aromatic N) is 6. The molecule has 12 rings (SSSR count). The molecule has 0 unspecified atom stereocenters. The van der Waals surface area contributed by atoms with Gasteiger partial charge < -0.3 is 9.13 Å². The first-order valence-corrected chi connectivity index (χ1v) is 21.3. The number of para-hydroxylation sites is 3. The van der Waals surface area contributed by atoms with Crippen LogP contribution in [-0.4, -0.2) is 24.1 Å². The lowest BCUT2D eigenvalue weighted by Crippen LogP contribution is -2.00. The number of benzene rings is 9. The molecule has 0 N–H and O–H groups in total. The van der Waals surface area contributed by atoms with Crippen molar-refractivity contribution in [2.75, 3.05) is 0 Å². The fraction of sp³-hybridized carbons (Fsp3) is 0. The van der Waals surface area contributed by atoms with Crippen LogP contribution in [0.2, 0.25) is 0 Å². The van der Waals surface area contributed by atoms with Crippen LogP contribution in [0.15, 0.2) is 218 Å². The van der Waals surface area contributed by atoms with Gasteiger partial charge in [-0.2, -0.15) is 5.26 Å². The highest BCUT2D eigenvalue weighted by molar-refractivity contribution is 6.16. The molecule has 0 saturated carbocycles. The molecule has 64 heavy (non-hydrogen) atoms. The quantitative estimate of drug-likeness (QED) is 0.161. The third-order valence-corrected chi connectivity index (χ3v) is 12.2. The number of aromatic nitrogens is 5. The lowest BCUT2D eigenvalue weighted by Gasteiger charge is -2.12. The Morgan fingerprint density at radius 1 is 0.328 bits per heavy atom. The van der Waals surface area contributed by atoms with E-state index in [2.05, 4.69) is 161 Å². The van der Waals surface area contributed by atoms with Crippen LogP contribution in [0, 0.1) is 11.3 Å². The molecule has 298 valence electrons. The van der Waals surface area contributed by atoms with Gasteiger partial charge in [-0.25, -0.2) is 15.0 Å². The van der Waals surface area contributed by atoms with E-state index in [9.17, 15) is 5.26 Å². The van der Waals surface area contributed by atoms with E-state index in [1.807, 2.05) is 72.8 Å². The lowest BCUT2D eigenvalue weighted by molar-refractivity contribution is 1.07. The second-order valence-corrected chi connectivity index (χ2v) is 16.0. The van der Waals surface area contributed by atoms with Crippen LogP contribution in [-0.2, 0) is 0 Å². The van der Waals surface area contributed by atoms with E-state index in [0.717, 1.165) is 72.1 Å². The van der Waals surface area contributed by atoms with Crippen molar-refractivity contribution < 1.29 is 0 Å². The van der Waals surface area contributed by atoms with Gasteiger partial charge in [0.15, 0.2) is 17.5 Å². The van der Waals surface area contributed by atoms with Crippen LogP contribution < -0.4 is 0 Å². The Morgan fingerprint density at radius 3 is 1.50 bits per heavy atom. The molecule has 0 spiro atoms. The maximum Gasteiger partial charge on any atom is 0.164 e. The second-order valence-electron chi connectivity index (χ2n) is 16.0. The average Bonchev–Trinajstić information content (AvgIpc) is 3.89. The third-order valence-electron chi connectivity index (χ3n) is 12.2. The van der Waals surface area contributed by atoms with Gasteiger partial charge in [0.05, 0.1) is 33.7 Å². The fourth-order valence-corrected chi connectivity index (χ4v) is 9.26. The molecule has 6 nitrogen and oxygen atoms in total. The van der Waals surface area contributed by atoms with E-state index in [0.29, 0.717) is 23.0 Å². The highest BCUT2D eigenvalue weighted by atomic mass is 15.0. The molecule has 3 aromatic heterocycles. The fourth-order valence-electron chi connectivity index (χ4n) is 9.26. The molecule has 0 saturated heterocycles. The van der Waals surface area contributed by atoms with Crippen molar-refractivity contribution >= 4 is 43.6 Å². The SMILES string of the molecule is N#Cc1cc(-c2nc(-c3ccccc3)nc(-c3ccccc3)n2)cc(-c2cccc3c2c2ccccc2n3-c2ccc(-c3ccc4c5ccccc5n(-c5ccccc5)c4c3)cc2)c1. The van der Waals surface area contributed by atoms with Gasteiger partial charge in [-0.15, -0.1) is 0 Å². The summed E-state index contributed by atoms with van der Waals surface area (Å²) in [5.41, 5.74) is 14.0. The zero-order valence-corrected chi connectivity index (χ0v) is 34.5. The Hall–Kier alpha value is -8.92. The van der Waals surface area contributed by atoms with E-state index < -0.39 is 0 Å². The second kappa shape index (κ2) is 15.2. The van der Waals surface area contributed by atoms with Crippen molar-refractivity contribution in [3.05, 3.63) is 224 Å². The number of nitriles is 1. The molecule has 9 aromatic carbocycles. The van der Waals surface area contributed by atoms with Crippen molar-refractivity contribution in [3.8, 4) is 73.9 Å². The molecule has 6 heteroatoms. The molecule has 0 aliphatic rings. The smallest absolute Gasteiger partial charge is 0.164 e. The van der Waals surface area contributed by atoms with Crippen LogP contribution in [0.1, 0.15) is 5.56 Å². The Morgan fingerprint density at radius 2 is 0.828 bits per heavy atom. The van der Waals surface area contributed by atoms with Crippen LogP contribution in [0.3, 0.4) is 0 Å². The highest BCUT2D eigenvalue weighted by Crippen LogP contribution is 2.41. The first kappa shape index (κ1) is 36.9. The lowest BCUT2D eigenvalue weighted by atomic mass is 9.96. The first-order chi connectivity index (χ1) is 31.7. The Kier molecular flexibility index (Phi) is 8.77. The molecule has 0 amide bonds. The minimum absolute atomic E-state index is 0.501. The standard InChI is InChI=1S/C58H36N6/c59-37-38-33-43(35-44(34-38)58-61-56(40-15-4-1-5-16-40)60-57(62-58)41-17-6-2-7-18-41)47-23-14-26-53-55(47)50-22-11-13-25-52(50)63(53)46-30-27-39(28-31-46)42-29-32-49-48-21-10-12-24-51(48)64(54(49)36-42)45-19-8-3-9-20-45/h1-36H. The van der Waals surface area contributed by atoms with Gasteiger partial charge >= 0.3 is 0 Å². The summed E-state index contributed by atoms with van der Waals surface area (Å²) in [6.07, 6.45) is 0. The van der Waals surface area contributed by atoms with Crippen molar-refractivity contribution in [1.82, 2.24) is 24.1 Å².